The van der Waals surface area contributed by atoms with Gasteiger partial charge in [0.15, 0.2) is 0 Å². The molecular weight excluding hydrogens is 302 g/mol. The van der Waals surface area contributed by atoms with Crippen molar-refractivity contribution in [3.05, 3.63) is 30.0 Å². The van der Waals surface area contributed by atoms with Gasteiger partial charge in [0, 0.05) is 12.0 Å². The highest BCUT2D eigenvalue weighted by Gasteiger charge is 2.21. The molecule has 0 bridgehead atoms. The number of carbonyl (C=O) groups is 1. The maximum absolute atomic E-state index is 12.4. The van der Waals surface area contributed by atoms with Gasteiger partial charge < -0.3 is 10.1 Å². The fraction of sp³-hybridized carbons (Fsp3) is 0.474. The minimum atomic E-state index is -0.0606. The molecule has 24 heavy (non-hydrogen) atoms. The maximum Gasteiger partial charge on any atom is 0.225 e. The number of rotatable bonds is 6. The Bertz CT molecular complexity index is 699. The summed E-state index contributed by atoms with van der Waals surface area (Å²) in [7, 11) is 1.64. The molecule has 0 aliphatic heterocycles. The summed E-state index contributed by atoms with van der Waals surface area (Å²) < 4.78 is 5.29. The minimum Gasteiger partial charge on any atom is -0.497 e. The monoisotopic (exact) mass is 329 g/mol. The lowest BCUT2D eigenvalue weighted by Gasteiger charge is -2.17. The highest BCUT2D eigenvalue weighted by atomic mass is 16.5. The van der Waals surface area contributed by atoms with Gasteiger partial charge in [-0.3, -0.25) is 9.89 Å². The fourth-order valence-corrected chi connectivity index (χ4v) is 2.59. The van der Waals surface area contributed by atoms with Crippen molar-refractivity contribution in [1.82, 2.24) is 10.2 Å². The van der Waals surface area contributed by atoms with Crippen molar-refractivity contribution < 1.29 is 9.53 Å². The molecule has 130 valence electrons. The summed E-state index contributed by atoms with van der Waals surface area (Å²) in [6, 6.07) is 7.70. The molecule has 2 rings (SSSR count). The molecule has 1 amide bonds. The molecule has 5 nitrogen and oxygen atoms in total. The Labute approximate surface area is 143 Å². The molecule has 2 N–H and O–H groups in total. The van der Waals surface area contributed by atoms with Crippen LogP contribution in [0.1, 0.15) is 46.2 Å². The van der Waals surface area contributed by atoms with E-state index in [0.29, 0.717) is 6.42 Å². The fourth-order valence-electron chi connectivity index (χ4n) is 2.59. The lowest BCUT2D eigenvalue weighted by Crippen LogP contribution is -2.20. The summed E-state index contributed by atoms with van der Waals surface area (Å²) in [6.45, 7) is 8.26. The summed E-state index contributed by atoms with van der Waals surface area (Å²) in [5, 5.41) is 10.6. The van der Waals surface area contributed by atoms with Crippen LogP contribution >= 0.6 is 0 Å². The number of nitrogens with zero attached hydrogens (tertiary/aromatic N) is 1. The number of methoxy groups -OCH3 is 1. The van der Waals surface area contributed by atoms with Crippen LogP contribution in [0.3, 0.4) is 0 Å². The minimum absolute atomic E-state index is 0.00500. The number of aromatic amines is 1. The van der Waals surface area contributed by atoms with Crippen molar-refractivity contribution in [2.24, 2.45) is 5.41 Å². The van der Waals surface area contributed by atoms with Gasteiger partial charge in [-0.2, -0.15) is 5.10 Å². The number of carbonyl (C=O) groups excluding carboxylic acids is 1. The highest BCUT2D eigenvalue weighted by Crippen LogP contribution is 2.32. The van der Waals surface area contributed by atoms with Crippen molar-refractivity contribution >= 4 is 11.6 Å². The summed E-state index contributed by atoms with van der Waals surface area (Å²) in [6.07, 6.45) is 2.27. The standard InChI is InChI=1S/C19H27N3O2/c1-6-8-15-18(20-16(23)12-19(2,3)4)17(22-21-15)13-9-7-10-14(11-13)24-5/h7,9-11H,6,8,12H2,1-5H3,(H,20,23)(H,21,22). The first-order valence-electron chi connectivity index (χ1n) is 8.35. The summed E-state index contributed by atoms with van der Waals surface area (Å²) >= 11 is 0. The molecule has 0 saturated carbocycles. The van der Waals surface area contributed by atoms with Gasteiger partial charge in [0.25, 0.3) is 0 Å². The van der Waals surface area contributed by atoms with E-state index < -0.39 is 0 Å². The number of anilines is 1. The van der Waals surface area contributed by atoms with Gasteiger partial charge in [-0.25, -0.2) is 0 Å². The van der Waals surface area contributed by atoms with Gasteiger partial charge >= 0.3 is 0 Å². The van der Waals surface area contributed by atoms with Crippen LogP contribution in [0.5, 0.6) is 5.75 Å². The Kier molecular flexibility index (Phi) is 5.65. The Morgan fingerprint density at radius 3 is 2.71 bits per heavy atom. The van der Waals surface area contributed by atoms with E-state index in [-0.39, 0.29) is 11.3 Å². The third kappa shape index (κ3) is 4.60. The van der Waals surface area contributed by atoms with Gasteiger partial charge in [0.1, 0.15) is 11.4 Å². The van der Waals surface area contributed by atoms with Crippen molar-refractivity contribution in [2.75, 3.05) is 12.4 Å². The van der Waals surface area contributed by atoms with Crippen LogP contribution < -0.4 is 10.1 Å². The molecule has 1 heterocycles. The average molecular weight is 329 g/mol. The Balaban J connectivity index is 2.36. The molecule has 0 spiro atoms. The van der Waals surface area contributed by atoms with Crippen molar-refractivity contribution in [3.8, 4) is 17.0 Å². The van der Waals surface area contributed by atoms with Crippen LogP contribution in [0.2, 0.25) is 0 Å². The number of benzene rings is 1. The molecule has 2 aromatic rings. The van der Waals surface area contributed by atoms with Crippen LogP contribution in [0.4, 0.5) is 5.69 Å². The second-order valence-corrected chi connectivity index (χ2v) is 7.19. The van der Waals surface area contributed by atoms with Crippen LogP contribution in [-0.2, 0) is 11.2 Å². The molecule has 5 heteroatoms. The molecule has 0 radical (unpaired) electrons. The van der Waals surface area contributed by atoms with Crippen LogP contribution in [0.25, 0.3) is 11.3 Å². The predicted octanol–water partition coefficient (Wildman–Crippen LogP) is 4.41. The van der Waals surface area contributed by atoms with E-state index in [4.69, 9.17) is 4.74 Å². The van der Waals surface area contributed by atoms with Crippen LogP contribution in [0, 0.1) is 5.41 Å². The number of ether oxygens (including phenoxy) is 1. The lowest BCUT2D eigenvalue weighted by molar-refractivity contribution is -0.117. The van der Waals surface area contributed by atoms with E-state index in [2.05, 4.69) is 43.2 Å². The first-order valence-corrected chi connectivity index (χ1v) is 8.35. The molecule has 0 unspecified atom stereocenters. The normalized spacial score (nSPS) is 11.4. The third-order valence-electron chi connectivity index (χ3n) is 3.64. The Morgan fingerprint density at radius 2 is 2.08 bits per heavy atom. The quantitative estimate of drug-likeness (QED) is 0.825. The number of hydrogen-bond acceptors (Lipinski definition) is 3. The van der Waals surface area contributed by atoms with Gasteiger partial charge in [0.2, 0.25) is 5.91 Å². The van der Waals surface area contributed by atoms with E-state index in [9.17, 15) is 4.79 Å². The molecule has 0 aliphatic rings. The van der Waals surface area contributed by atoms with E-state index in [1.807, 2.05) is 24.3 Å². The first kappa shape index (κ1) is 18.0. The molecule has 1 aromatic carbocycles. The van der Waals surface area contributed by atoms with E-state index in [1.54, 1.807) is 7.11 Å². The molecule has 1 aromatic heterocycles. The lowest BCUT2D eigenvalue weighted by atomic mass is 9.92. The molecule has 0 saturated heterocycles. The SMILES string of the molecule is CCCc1[nH]nc(-c2cccc(OC)c2)c1NC(=O)CC(C)(C)C. The van der Waals surface area contributed by atoms with Crippen molar-refractivity contribution in [2.45, 2.75) is 47.0 Å². The Morgan fingerprint density at radius 1 is 1.33 bits per heavy atom. The molecule has 0 atom stereocenters. The molecule has 0 fully saturated rings. The van der Waals surface area contributed by atoms with Gasteiger partial charge in [0.05, 0.1) is 18.5 Å². The van der Waals surface area contributed by atoms with Crippen LogP contribution in [-0.4, -0.2) is 23.2 Å². The number of aromatic nitrogens is 2. The number of hydrogen-bond donors (Lipinski definition) is 2. The predicted molar refractivity (Wildman–Crippen MR) is 97.3 cm³/mol. The zero-order valence-electron chi connectivity index (χ0n) is 15.2. The largest absolute Gasteiger partial charge is 0.497 e. The number of nitrogens with one attached hydrogen (secondary N) is 2. The zero-order chi connectivity index (χ0) is 17.7. The highest BCUT2D eigenvalue weighted by molar-refractivity contribution is 5.95. The summed E-state index contributed by atoms with van der Waals surface area (Å²) in [4.78, 5) is 12.4. The van der Waals surface area contributed by atoms with Crippen molar-refractivity contribution in [3.63, 3.8) is 0 Å². The first-order chi connectivity index (χ1) is 11.3. The summed E-state index contributed by atoms with van der Waals surface area (Å²) in [5.74, 6) is 0.768. The number of amides is 1. The maximum atomic E-state index is 12.4. The zero-order valence-corrected chi connectivity index (χ0v) is 15.2. The second-order valence-electron chi connectivity index (χ2n) is 7.19. The summed E-state index contributed by atoms with van der Waals surface area (Å²) in [5.41, 5.74) is 3.34. The number of H-pyrrole nitrogens is 1. The van der Waals surface area contributed by atoms with E-state index in [0.717, 1.165) is 41.2 Å². The number of aryl methyl sites for hydroxylation is 1. The molecule has 0 aliphatic carbocycles. The third-order valence-corrected chi connectivity index (χ3v) is 3.64. The average Bonchev–Trinajstić information content (AvgIpc) is 2.88. The van der Waals surface area contributed by atoms with E-state index in [1.165, 1.54) is 0 Å². The molecular formula is C19H27N3O2. The second kappa shape index (κ2) is 7.51. The Hall–Kier alpha value is -2.30. The van der Waals surface area contributed by atoms with Gasteiger partial charge in [-0.15, -0.1) is 0 Å². The van der Waals surface area contributed by atoms with Crippen LogP contribution in [0.15, 0.2) is 24.3 Å². The van der Waals surface area contributed by atoms with Gasteiger partial charge in [-0.1, -0.05) is 46.2 Å². The smallest absolute Gasteiger partial charge is 0.225 e. The van der Waals surface area contributed by atoms with Crippen molar-refractivity contribution in [1.29, 1.82) is 0 Å². The van der Waals surface area contributed by atoms with Gasteiger partial charge in [-0.05, 0) is 24.0 Å². The van der Waals surface area contributed by atoms with E-state index >= 15 is 0 Å². The topological polar surface area (TPSA) is 67.0 Å².